The number of aromatic nitrogens is 2. The number of fused-ring (bicyclic) bond motifs is 1. The van der Waals surface area contributed by atoms with Gasteiger partial charge in [0.05, 0.1) is 16.9 Å². The fourth-order valence-electron chi connectivity index (χ4n) is 3.51. The predicted molar refractivity (Wildman–Crippen MR) is 108 cm³/mol. The molecule has 1 aliphatic carbocycles. The van der Waals surface area contributed by atoms with Crippen LogP contribution in [0, 0.1) is 6.92 Å². The van der Waals surface area contributed by atoms with E-state index in [0.717, 1.165) is 11.1 Å². The van der Waals surface area contributed by atoms with Crippen LogP contribution in [0.15, 0.2) is 16.9 Å². The summed E-state index contributed by atoms with van der Waals surface area (Å²) in [5.74, 6) is -2.73. The second-order valence-corrected chi connectivity index (χ2v) is 10.8. The second kappa shape index (κ2) is 7.07. The van der Waals surface area contributed by atoms with Gasteiger partial charge in [-0.2, -0.15) is 0 Å². The molecule has 1 saturated carbocycles. The molecule has 2 unspecified atom stereocenters. The number of alkyl halides is 2. The van der Waals surface area contributed by atoms with Crippen molar-refractivity contribution in [2.75, 3.05) is 0 Å². The van der Waals surface area contributed by atoms with E-state index in [0.29, 0.717) is 16.7 Å². The largest absolute Gasteiger partial charge is 0.598 e. The molecule has 1 aromatic carbocycles. The second-order valence-electron chi connectivity index (χ2n) is 8.77. The Labute approximate surface area is 166 Å². The summed E-state index contributed by atoms with van der Waals surface area (Å²) in [6.45, 7) is 9.38. The zero-order valence-electron chi connectivity index (χ0n) is 17.1. The van der Waals surface area contributed by atoms with E-state index < -0.39 is 27.9 Å². The lowest BCUT2D eigenvalue weighted by molar-refractivity contribution is -0.0891. The molecule has 8 heteroatoms. The number of rotatable bonds is 4. The van der Waals surface area contributed by atoms with E-state index in [-0.39, 0.29) is 24.4 Å². The van der Waals surface area contributed by atoms with E-state index in [9.17, 15) is 18.1 Å². The third-order valence-electron chi connectivity index (χ3n) is 5.15. The Kier molecular flexibility index (Phi) is 5.36. The van der Waals surface area contributed by atoms with Crippen LogP contribution in [0.1, 0.15) is 69.4 Å². The van der Waals surface area contributed by atoms with Crippen LogP contribution < -0.4 is 10.3 Å². The van der Waals surface area contributed by atoms with Crippen LogP contribution in [-0.4, -0.2) is 24.8 Å². The highest BCUT2D eigenvalue weighted by Gasteiger charge is 2.47. The smallest absolute Gasteiger partial charge is 0.261 e. The number of nitrogens with one attached hydrogen (secondary N) is 1. The van der Waals surface area contributed by atoms with Gasteiger partial charge in [0, 0.05) is 42.7 Å². The third-order valence-corrected chi connectivity index (χ3v) is 6.83. The normalized spacial score (nSPS) is 19.5. The Bertz CT molecular complexity index is 961. The number of nitrogens with zero attached hydrogens (tertiary/aromatic N) is 2. The summed E-state index contributed by atoms with van der Waals surface area (Å²) in [5.41, 5.74) is 1.88. The lowest BCUT2D eigenvalue weighted by atomic mass is 9.80. The molecule has 1 aromatic heterocycles. The van der Waals surface area contributed by atoms with Gasteiger partial charge in [0.15, 0.2) is 0 Å². The van der Waals surface area contributed by atoms with E-state index in [2.05, 4.69) is 9.71 Å². The molecule has 1 N–H and O–H groups in total. The van der Waals surface area contributed by atoms with Gasteiger partial charge in [0.2, 0.25) is 5.92 Å². The lowest BCUT2D eigenvalue weighted by Gasteiger charge is -2.35. The van der Waals surface area contributed by atoms with E-state index in [1.54, 1.807) is 13.1 Å². The van der Waals surface area contributed by atoms with Crippen molar-refractivity contribution in [3.05, 3.63) is 39.4 Å². The zero-order chi connectivity index (χ0) is 21.0. The van der Waals surface area contributed by atoms with Crippen LogP contribution in [0.2, 0.25) is 0 Å². The van der Waals surface area contributed by atoms with Gasteiger partial charge in [-0.1, -0.05) is 6.07 Å². The number of aryl methyl sites for hydroxylation is 1. The van der Waals surface area contributed by atoms with Gasteiger partial charge < -0.3 is 4.55 Å². The first-order valence-electron chi connectivity index (χ1n) is 9.37. The van der Waals surface area contributed by atoms with Crippen LogP contribution in [0.4, 0.5) is 8.78 Å². The Morgan fingerprint density at radius 2 is 1.96 bits per heavy atom. The molecule has 0 bridgehead atoms. The molecule has 1 fully saturated rings. The molecule has 154 valence electrons. The molecular weight excluding hydrogens is 384 g/mol. The van der Waals surface area contributed by atoms with Crippen LogP contribution in [0.3, 0.4) is 0 Å². The third kappa shape index (κ3) is 3.95. The topological polar surface area (TPSA) is 70.0 Å². The monoisotopic (exact) mass is 411 g/mol. The molecule has 0 aliphatic heterocycles. The standard InChI is InChI=1S/C20H27F2N3O2S/c1-11-7-14(12(2)24-28(27)19(3,4)5)16-15(8-11)18(26)25(6)17(23-16)13-9-20(21,22)10-13/h7-8,12-13,24H,9-10H2,1-6H3. The minimum absolute atomic E-state index is 0.246. The molecule has 2 aromatic rings. The molecule has 0 spiro atoms. The summed E-state index contributed by atoms with van der Waals surface area (Å²) < 4.78 is 43.3. The van der Waals surface area contributed by atoms with Crippen molar-refractivity contribution in [3.63, 3.8) is 0 Å². The van der Waals surface area contributed by atoms with Gasteiger partial charge >= 0.3 is 0 Å². The van der Waals surface area contributed by atoms with Gasteiger partial charge in [-0.05, 0) is 46.2 Å². The number of hydrogen-bond acceptors (Lipinski definition) is 4. The first kappa shape index (κ1) is 21.2. The van der Waals surface area contributed by atoms with E-state index in [1.807, 2.05) is 40.7 Å². The number of halogens is 2. The van der Waals surface area contributed by atoms with Gasteiger partial charge in [0.1, 0.15) is 10.6 Å². The summed E-state index contributed by atoms with van der Waals surface area (Å²) in [5, 5.41) is 0.447. The SMILES string of the molecule is Cc1cc(C(C)N[S+]([O-])C(C)(C)C)c2nc(C3CC(F)(F)C3)n(C)c(=O)c2c1. The zero-order valence-corrected chi connectivity index (χ0v) is 17.9. The van der Waals surface area contributed by atoms with Crippen molar-refractivity contribution in [2.24, 2.45) is 7.05 Å². The predicted octanol–water partition coefficient (Wildman–Crippen LogP) is 3.87. The highest BCUT2D eigenvalue weighted by atomic mass is 32.2. The molecule has 3 rings (SSSR count). The summed E-state index contributed by atoms with van der Waals surface area (Å²) in [7, 11) is 1.58. The number of benzene rings is 1. The Balaban J connectivity index is 2.10. The summed E-state index contributed by atoms with van der Waals surface area (Å²) in [6, 6.07) is 3.35. The van der Waals surface area contributed by atoms with E-state index in [4.69, 9.17) is 0 Å². The van der Waals surface area contributed by atoms with Crippen molar-refractivity contribution in [1.29, 1.82) is 0 Å². The van der Waals surface area contributed by atoms with Crippen LogP contribution >= 0.6 is 0 Å². The molecule has 28 heavy (non-hydrogen) atoms. The first-order chi connectivity index (χ1) is 12.8. The van der Waals surface area contributed by atoms with E-state index in [1.165, 1.54) is 4.57 Å². The summed E-state index contributed by atoms with van der Waals surface area (Å²) in [4.78, 5) is 17.6. The highest BCUT2D eigenvalue weighted by Crippen LogP contribution is 2.47. The Morgan fingerprint density at radius 3 is 2.50 bits per heavy atom. The quantitative estimate of drug-likeness (QED) is 0.776. The van der Waals surface area contributed by atoms with E-state index >= 15 is 0 Å². The maximum Gasteiger partial charge on any atom is 0.261 e. The van der Waals surface area contributed by atoms with Crippen molar-refractivity contribution in [2.45, 2.75) is 70.1 Å². The molecule has 1 heterocycles. The Morgan fingerprint density at radius 1 is 1.36 bits per heavy atom. The van der Waals surface area contributed by atoms with Crippen LogP contribution in [0.25, 0.3) is 10.9 Å². The molecule has 0 saturated heterocycles. The van der Waals surface area contributed by atoms with Crippen LogP contribution in [0.5, 0.6) is 0 Å². The average Bonchev–Trinajstić information content (AvgIpc) is 2.54. The molecule has 0 amide bonds. The highest BCUT2D eigenvalue weighted by molar-refractivity contribution is 7.90. The summed E-state index contributed by atoms with van der Waals surface area (Å²) in [6.07, 6.45) is -0.580. The fraction of sp³-hybridized carbons (Fsp3) is 0.600. The van der Waals surface area contributed by atoms with Gasteiger partial charge in [-0.15, -0.1) is 4.72 Å². The van der Waals surface area contributed by atoms with Gasteiger partial charge in [-0.25, -0.2) is 13.8 Å². The first-order valence-corrected chi connectivity index (χ1v) is 10.5. The minimum atomic E-state index is -2.69. The maximum atomic E-state index is 13.4. The summed E-state index contributed by atoms with van der Waals surface area (Å²) >= 11 is -1.30. The van der Waals surface area contributed by atoms with Crippen molar-refractivity contribution in [3.8, 4) is 0 Å². The van der Waals surface area contributed by atoms with Crippen molar-refractivity contribution < 1.29 is 13.3 Å². The number of hydrogen-bond donors (Lipinski definition) is 1. The lowest BCUT2D eigenvalue weighted by Crippen LogP contribution is -2.41. The van der Waals surface area contributed by atoms with Gasteiger partial charge in [-0.3, -0.25) is 9.36 Å². The van der Waals surface area contributed by atoms with Gasteiger partial charge in [0.25, 0.3) is 5.56 Å². The molecule has 2 atom stereocenters. The molecular formula is C20H27F2N3O2S. The van der Waals surface area contributed by atoms with Crippen molar-refractivity contribution >= 4 is 22.3 Å². The molecule has 1 aliphatic rings. The Hall–Kier alpha value is -1.51. The molecule has 5 nitrogen and oxygen atoms in total. The molecule has 0 radical (unpaired) electrons. The van der Waals surface area contributed by atoms with Crippen LogP contribution in [-0.2, 0) is 18.4 Å². The maximum absolute atomic E-state index is 13.4. The van der Waals surface area contributed by atoms with Crippen molar-refractivity contribution in [1.82, 2.24) is 14.3 Å². The average molecular weight is 412 g/mol. The minimum Gasteiger partial charge on any atom is -0.598 e. The fourth-order valence-corrected chi connectivity index (χ4v) is 4.31.